The summed E-state index contributed by atoms with van der Waals surface area (Å²) in [5, 5.41) is 3.00. The summed E-state index contributed by atoms with van der Waals surface area (Å²) in [4.78, 5) is 17.9. The standard InChI is InChI=1S/C18H20BrN3O/c19-17-9-16(10-20-12-17)18(23)21-11-14-5-1-2-6-15(14)13-22-7-3-4-8-22/h1-2,5-6,9-10,12H,3-4,7-8,11,13H2,(H,21,23)/p+1. The summed E-state index contributed by atoms with van der Waals surface area (Å²) >= 11 is 3.34. The number of rotatable bonds is 5. The average Bonchev–Trinajstić information content (AvgIpc) is 3.07. The third-order valence-electron chi connectivity index (χ3n) is 4.28. The Morgan fingerprint density at radius 3 is 2.65 bits per heavy atom. The lowest BCUT2D eigenvalue weighted by atomic mass is 10.1. The quantitative estimate of drug-likeness (QED) is 0.839. The molecule has 4 nitrogen and oxygen atoms in total. The molecule has 5 heteroatoms. The first-order chi connectivity index (χ1) is 11.2. The lowest BCUT2D eigenvalue weighted by Crippen LogP contribution is -3.08. The number of pyridine rings is 1. The van der Waals surface area contributed by atoms with Crippen molar-refractivity contribution in [2.45, 2.75) is 25.9 Å². The molecular formula is C18H21BrN3O+. The SMILES string of the molecule is O=C(NCc1ccccc1C[NH+]1CCCC1)c1cncc(Br)c1. The number of nitrogens with zero attached hydrogens (tertiary/aromatic N) is 1. The zero-order chi connectivity index (χ0) is 16.1. The lowest BCUT2D eigenvalue weighted by Gasteiger charge is -2.15. The lowest BCUT2D eigenvalue weighted by molar-refractivity contribution is -0.901. The summed E-state index contributed by atoms with van der Waals surface area (Å²) in [7, 11) is 0. The Hall–Kier alpha value is -1.72. The number of likely N-dealkylation sites (tertiary alicyclic amines) is 1. The van der Waals surface area contributed by atoms with Crippen LogP contribution in [0.5, 0.6) is 0 Å². The molecule has 0 atom stereocenters. The summed E-state index contributed by atoms with van der Waals surface area (Å²) in [6.07, 6.45) is 5.90. The van der Waals surface area contributed by atoms with Crippen molar-refractivity contribution in [3.8, 4) is 0 Å². The highest BCUT2D eigenvalue weighted by Crippen LogP contribution is 2.11. The molecular weight excluding hydrogens is 354 g/mol. The molecule has 0 unspecified atom stereocenters. The van der Waals surface area contributed by atoms with Crippen molar-refractivity contribution in [1.29, 1.82) is 0 Å². The first kappa shape index (κ1) is 16.1. The molecule has 0 saturated carbocycles. The number of carbonyl (C=O) groups is 1. The van der Waals surface area contributed by atoms with Crippen LogP contribution < -0.4 is 10.2 Å². The van der Waals surface area contributed by atoms with Crippen LogP contribution in [0.2, 0.25) is 0 Å². The second kappa shape index (κ2) is 7.70. The van der Waals surface area contributed by atoms with Gasteiger partial charge in [-0.1, -0.05) is 24.3 Å². The minimum Gasteiger partial charge on any atom is -0.348 e. The van der Waals surface area contributed by atoms with Crippen molar-refractivity contribution in [3.63, 3.8) is 0 Å². The molecule has 23 heavy (non-hydrogen) atoms. The Kier molecular flexibility index (Phi) is 5.41. The Labute approximate surface area is 145 Å². The number of benzene rings is 1. The second-order valence-corrected chi connectivity index (χ2v) is 6.89. The fourth-order valence-electron chi connectivity index (χ4n) is 3.04. The third-order valence-corrected chi connectivity index (χ3v) is 4.71. The Balaban J connectivity index is 1.64. The fraction of sp³-hybridized carbons (Fsp3) is 0.333. The Morgan fingerprint density at radius 2 is 1.91 bits per heavy atom. The molecule has 3 rings (SSSR count). The van der Waals surface area contributed by atoms with Crippen LogP contribution in [0.25, 0.3) is 0 Å². The molecule has 0 radical (unpaired) electrons. The number of quaternary nitrogens is 1. The van der Waals surface area contributed by atoms with E-state index in [1.807, 2.05) is 6.07 Å². The molecule has 1 amide bonds. The maximum atomic E-state index is 12.2. The van der Waals surface area contributed by atoms with E-state index < -0.39 is 0 Å². The Bertz CT molecular complexity index is 683. The molecule has 0 bridgehead atoms. The normalized spacial score (nSPS) is 14.8. The van der Waals surface area contributed by atoms with Crippen LogP contribution in [0.15, 0.2) is 47.2 Å². The smallest absolute Gasteiger partial charge is 0.253 e. The predicted molar refractivity (Wildman–Crippen MR) is 93.2 cm³/mol. The predicted octanol–water partition coefficient (Wildman–Crippen LogP) is 1.95. The third kappa shape index (κ3) is 4.39. The first-order valence-corrected chi connectivity index (χ1v) is 8.81. The number of hydrogen-bond acceptors (Lipinski definition) is 2. The fourth-order valence-corrected chi connectivity index (χ4v) is 3.40. The molecule has 1 aliphatic heterocycles. The van der Waals surface area contributed by atoms with E-state index in [2.05, 4.69) is 44.4 Å². The zero-order valence-electron chi connectivity index (χ0n) is 13.0. The van der Waals surface area contributed by atoms with Crippen LogP contribution in [0.4, 0.5) is 0 Å². The minimum atomic E-state index is -0.0953. The van der Waals surface area contributed by atoms with Crippen molar-refractivity contribution in [3.05, 3.63) is 63.9 Å². The van der Waals surface area contributed by atoms with Crippen LogP contribution in [-0.2, 0) is 13.1 Å². The van der Waals surface area contributed by atoms with Gasteiger partial charge < -0.3 is 10.2 Å². The maximum absolute atomic E-state index is 12.2. The number of aromatic nitrogens is 1. The van der Waals surface area contributed by atoms with Gasteiger partial charge in [0, 0.05) is 41.8 Å². The van der Waals surface area contributed by atoms with Gasteiger partial charge in [0.15, 0.2) is 0 Å². The van der Waals surface area contributed by atoms with Crippen molar-refractivity contribution in [2.24, 2.45) is 0 Å². The summed E-state index contributed by atoms with van der Waals surface area (Å²) in [5.74, 6) is -0.0953. The zero-order valence-corrected chi connectivity index (χ0v) is 14.6. The van der Waals surface area contributed by atoms with Gasteiger partial charge in [-0.05, 0) is 27.6 Å². The second-order valence-electron chi connectivity index (χ2n) is 5.98. The van der Waals surface area contributed by atoms with E-state index in [4.69, 9.17) is 0 Å². The molecule has 2 N–H and O–H groups in total. The molecule has 120 valence electrons. The molecule has 0 aliphatic carbocycles. The van der Waals surface area contributed by atoms with Crippen LogP contribution in [0.1, 0.15) is 34.3 Å². The van der Waals surface area contributed by atoms with Gasteiger partial charge in [0.25, 0.3) is 5.91 Å². The molecule has 1 aromatic heterocycles. The van der Waals surface area contributed by atoms with E-state index in [0.29, 0.717) is 12.1 Å². The van der Waals surface area contributed by atoms with E-state index in [1.54, 1.807) is 23.4 Å². The topological polar surface area (TPSA) is 46.4 Å². The van der Waals surface area contributed by atoms with Crippen molar-refractivity contribution < 1.29 is 9.69 Å². The summed E-state index contributed by atoms with van der Waals surface area (Å²) in [5.41, 5.74) is 3.10. The number of amides is 1. The van der Waals surface area contributed by atoms with Gasteiger partial charge >= 0.3 is 0 Å². The highest BCUT2D eigenvalue weighted by molar-refractivity contribution is 9.10. The van der Waals surface area contributed by atoms with E-state index in [-0.39, 0.29) is 5.91 Å². The average molecular weight is 375 g/mol. The van der Waals surface area contributed by atoms with Crippen molar-refractivity contribution in [1.82, 2.24) is 10.3 Å². The molecule has 2 aromatic rings. The van der Waals surface area contributed by atoms with E-state index in [1.165, 1.54) is 37.1 Å². The summed E-state index contributed by atoms with van der Waals surface area (Å²) < 4.78 is 0.809. The minimum absolute atomic E-state index is 0.0953. The van der Waals surface area contributed by atoms with Crippen LogP contribution in [0.3, 0.4) is 0 Å². The molecule has 0 spiro atoms. The first-order valence-electron chi connectivity index (χ1n) is 8.01. The van der Waals surface area contributed by atoms with E-state index >= 15 is 0 Å². The monoisotopic (exact) mass is 374 g/mol. The molecule has 1 aromatic carbocycles. The maximum Gasteiger partial charge on any atom is 0.253 e. The highest BCUT2D eigenvalue weighted by Gasteiger charge is 2.17. The van der Waals surface area contributed by atoms with Gasteiger partial charge in [0.1, 0.15) is 6.54 Å². The molecule has 1 fully saturated rings. The number of nitrogens with one attached hydrogen (secondary N) is 2. The van der Waals surface area contributed by atoms with Crippen molar-refractivity contribution in [2.75, 3.05) is 13.1 Å². The van der Waals surface area contributed by atoms with Gasteiger partial charge in [-0.15, -0.1) is 0 Å². The number of carbonyl (C=O) groups excluding carboxylic acids is 1. The highest BCUT2D eigenvalue weighted by atomic mass is 79.9. The van der Waals surface area contributed by atoms with Crippen LogP contribution in [0, 0.1) is 0 Å². The number of hydrogen-bond donors (Lipinski definition) is 2. The molecule has 1 aliphatic rings. The Morgan fingerprint density at radius 1 is 1.17 bits per heavy atom. The van der Waals surface area contributed by atoms with Crippen LogP contribution >= 0.6 is 15.9 Å². The number of halogens is 1. The van der Waals surface area contributed by atoms with Crippen molar-refractivity contribution >= 4 is 21.8 Å². The van der Waals surface area contributed by atoms with E-state index in [9.17, 15) is 4.79 Å². The van der Waals surface area contributed by atoms with Gasteiger partial charge in [-0.2, -0.15) is 0 Å². The summed E-state index contributed by atoms with van der Waals surface area (Å²) in [6, 6.07) is 10.2. The van der Waals surface area contributed by atoms with Gasteiger partial charge in [0.05, 0.1) is 18.7 Å². The van der Waals surface area contributed by atoms with Crippen LogP contribution in [-0.4, -0.2) is 24.0 Å². The largest absolute Gasteiger partial charge is 0.348 e. The summed E-state index contributed by atoms with van der Waals surface area (Å²) in [6.45, 7) is 4.11. The molecule has 1 saturated heterocycles. The van der Waals surface area contributed by atoms with Gasteiger partial charge in [0.2, 0.25) is 0 Å². The van der Waals surface area contributed by atoms with Gasteiger partial charge in [-0.3, -0.25) is 9.78 Å². The van der Waals surface area contributed by atoms with E-state index in [0.717, 1.165) is 11.0 Å². The molecule has 2 heterocycles. The van der Waals surface area contributed by atoms with Gasteiger partial charge in [-0.25, -0.2) is 0 Å².